The van der Waals surface area contributed by atoms with Crippen LogP contribution in [0.25, 0.3) is 0 Å². The third-order valence-electron chi connectivity index (χ3n) is 4.88. The molecule has 0 aliphatic carbocycles. The summed E-state index contributed by atoms with van der Waals surface area (Å²) in [5.41, 5.74) is 0.398. The molecule has 1 saturated heterocycles. The van der Waals surface area contributed by atoms with Gasteiger partial charge in [-0.15, -0.1) is 0 Å². The molecule has 8 nitrogen and oxygen atoms in total. The summed E-state index contributed by atoms with van der Waals surface area (Å²) in [6.07, 6.45) is 2.53. The number of benzene rings is 2. The monoisotopic (exact) mass is 439 g/mol. The van der Waals surface area contributed by atoms with Crippen LogP contribution in [-0.2, 0) is 10.0 Å². The van der Waals surface area contributed by atoms with Crippen molar-refractivity contribution < 1.29 is 18.4 Å². The van der Waals surface area contributed by atoms with E-state index in [9.17, 15) is 23.6 Å². The molecule has 1 aliphatic heterocycles. The lowest BCUT2D eigenvalue weighted by atomic mass is 10.1. The summed E-state index contributed by atoms with van der Waals surface area (Å²) in [4.78, 5) is 10.9. The Morgan fingerprint density at radius 3 is 2.52 bits per heavy atom. The summed E-state index contributed by atoms with van der Waals surface area (Å²) in [6.45, 7) is 0.500. The molecule has 0 unspecified atom stereocenters. The third-order valence-corrected chi connectivity index (χ3v) is 7.01. The smallest absolute Gasteiger partial charge is 0.293 e. The van der Waals surface area contributed by atoms with Crippen LogP contribution in [0, 0.1) is 10.1 Å². The molecule has 2 N–H and O–H groups in total. The Morgan fingerprint density at radius 2 is 1.90 bits per heavy atom. The standard InChI is InChI=1S/C19H22ClN3O5S/c20-15-6-4-5-14(11-15)18(13-24)21-17-8-7-16(12-19(17)23(25)26)29(27,28)22-9-2-1-3-10-22/h4-8,11-12,18,21,24H,1-3,9-10,13H2/t18-/m0/s1. The Balaban J connectivity index is 1.93. The van der Waals surface area contributed by atoms with Crippen molar-refractivity contribution in [3.8, 4) is 0 Å². The first-order valence-electron chi connectivity index (χ1n) is 9.24. The highest BCUT2D eigenvalue weighted by Crippen LogP contribution is 2.32. The van der Waals surface area contributed by atoms with Gasteiger partial charge >= 0.3 is 0 Å². The molecular formula is C19H22ClN3O5S. The van der Waals surface area contributed by atoms with E-state index < -0.39 is 21.0 Å². The molecule has 0 spiro atoms. The van der Waals surface area contributed by atoms with E-state index in [1.165, 1.54) is 16.4 Å². The Bertz CT molecular complexity index is 993. The van der Waals surface area contributed by atoms with Crippen LogP contribution in [-0.4, -0.2) is 42.4 Å². The van der Waals surface area contributed by atoms with Gasteiger partial charge in [-0.3, -0.25) is 10.1 Å². The summed E-state index contributed by atoms with van der Waals surface area (Å²) in [6, 6.07) is 9.92. The lowest BCUT2D eigenvalue weighted by Crippen LogP contribution is -2.35. The summed E-state index contributed by atoms with van der Waals surface area (Å²) < 4.78 is 27.0. The van der Waals surface area contributed by atoms with E-state index in [2.05, 4.69) is 5.32 Å². The van der Waals surface area contributed by atoms with Gasteiger partial charge in [0.15, 0.2) is 0 Å². The first kappa shape index (κ1) is 21.5. The van der Waals surface area contributed by atoms with E-state index in [1.54, 1.807) is 24.3 Å². The Morgan fingerprint density at radius 1 is 1.17 bits per heavy atom. The molecule has 0 amide bonds. The van der Waals surface area contributed by atoms with Crippen LogP contribution in [0.5, 0.6) is 0 Å². The molecule has 0 saturated carbocycles. The maximum Gasteiger partial charge on any atom is 0.293 e. The number of anilines is 1. The molecule has 29 heavy (non-hydrogen) atoms. The predicted octanol–water partition coefficient (Wildman–Crippen LogP) is 3.57. The quantitative estimate of drug-likeness (QED) is 0.503. The summed E-state index contributed by atoms with van der Waals surface area (Å²) >= 11 is 5.99. The van der Waals surface area contributed by atoms with Gasteiger partial charge in [0.1, 0.15) is 5.69 Å². The van der Waals surface area contributed by atoms with Crippen LogP contribution < -0.4 is 5.32 Å². The van der Waals surface area contributed by atoms with Gasteiger partial charge in [-0.1, -0.05) is 30.2 Å². The maximum atomic E-state index is 12.8. The average Bonchev–Trinajstić information content (AvgIpc) is 2.72. The molecule has 1 heterocycles. The van der Waals surface area contributed by atoms with E-state index in [1.807, 2.05) is 0 Å². The number of aliphatic hydroxyl groups excluding tert-OH is 1. The topological polar surface area (TPSA) is 113 Å². The summed E-state index contributed by atoms with van der Waals surface area (Å²) in [5.74, 6) is 0. The van der Waals surface area contributed by atoms with Crippen LogP contribution in [0.1, 0.15) is 30.9 Å². The number of piperidine rings is 1. The zero-order valence-electron chi connectivity index (χ0n) is 15.6. The minimum atomic E-state index is -3.79. The second-order valence-corrected chi connectivity index (χ2v) is 9.21. The molecule has 10 heteroatoms. The molecule has 0 aromatic heterocycles. The number of hydrogen-bond donors (Lipinski definition) is 2. The van der Waals surface area contributed by atoms with Gasteiger partial charge < -0.3 is 10.4 Å². The number of sulfonamides is 1. The van der Waals surface area contributed by atoms with Crippen molar-refractivity contribution in [3.05, 3.63) is 63.2 Å². The molecule has 0 bridgehead atoms. The highest BCUT2D eigenvalue weighted by molar-refractivity contribution is 7.89. The molecule has 156 valence electrons. The molecule has 3 rings (SSSR count). The normalized spacial score (nSPS) is 16.3. The lowest BCUT2D eigenvalue weighted by Gasteiger charge is -2.26. The first-order chi connectivity index (χ1) is 13.8. The van der Waals surface area contributed by atoms with Gasteiger partial charge in [-0.25, -0.2) is 8.42 Å². The SMILES string of the molecule is O=[N+]([O-])c1cc(S(=O)(=O)N2CCCCC2)ccc1N[C@@H](CO)c1cccc(Cl)c1. The number of rotatable bonds is 7. The Kier molecular flexibility index (Phi) is 6.74. The minimum absolute atomic E-state index is 0.111. The average molecular weight is 440 g/mol. The van der Waals surface area contributed by atoms with Crippen molar-refractivity contribution in [2.75, 3.05) is 25.0 Å². The molecular weight excluding hydrogens is 418 g/mol. The fourth-order valence-corrected chi connectivity index (χ4v) is 5.08. The molecule has 2 aromatic carbocycles. The predicted molar refractivity (Wildman–Crippen MR) is 111 cm³/mol. The number of nitrogens with zero attached hydrogens (tertiary/aromatic N) is 2. The number of aliphatic hydroxyl groups is 1. The van der Waals surface area contributed by atoms with E-state index in [0.29, 0.717) is 23.7 Å². The van der Waals surface area contributed by atoms with Crippen LogP contribution in [0.4, 0.5) is 11.4 Å². The second kappa shape index (κ2) is 9.08. The van der Waals surface area contributed by atoms with Crippen molar-refractivity contribution in [2.45, 2.75) is 30.2 Å². The fourth-order valence-electron chi connectivity index (χ4n) is 3.34. The van der Waals surface area contributed by atoms with Crippen LogP contribution >= 0.6 is 11.6 Å². The van der Waals surface area contributed by atoms with Gasteiger partial charge in [0.25, 0.3) is 5.69 Å². The zero-order valence-corrected chi connectivity index (χ0v) is 17.2. The fraction of sp³-hybridized carbons (Fsp3) is 0.368. The van der Waals surface area contributed by atoms with E-state index in [0.717, 1.165) is 25.3 Å². The first-order valence-corrected chi connectivity index (χ1v) is 11.1. The zero-order chi connectivity index (χ0) is 21.0. The molecule has 0 radical (unpaired) electrons. The Hall–Kier alpha value is -2.20. The molecule has 2 aromatic rings. The van der Waals surface area contributed by atoms with Crippen molar-refractivity contribution in [2.24, 2.45) is 0 Å². The van der Waals surface area contributed by atoms with Gasteiger partial charge in [-0.05, 0) is 42.7 Å². The summed E-state index contributed by atoms with van der Waals surface area (Å²) in [7, 11) is -3.79. The maximum absolute atomic E-state index is 12.8. The van der Waals surface area contributed by atoms with E-state index in [-0.39, 0.29) is 22.9 Å². The Labute approximate surface area is 174 Å². The van der Waals surface area contributed by atoms with Gasteiger partial charge in [0.05, 0.1) is 22.5 Å². The molecule has 1 aliphatic rings. The van der Waals surface area contributed by atoms with Crippen molar-refractivity contribution >= 4 is 33.0 Å². The van der Waals surface area contributed by atoms with Crippen molar-refractivity contribution in [3.63, 3.8) is 0 Å². The molecule has 1 atom stereocenters. The van der Waals surface area contributed by atoms with Crippen LogP contribution in [0.3, 0.4) is 0 Å². The largest absolute Gasteiger partial charge is 0.394 e. The number of nitro groups is 1. The van der Waals surface area contributed by atoms with Crippen LogP contribution in [0.2, 0.25) is 5.02 Å². The van der Waals surface area contributed by atoms with Gasteiger partial charge in [0.2, 0.25) is 10.0 Å². The molecule has 1 fully saturated rings. The number of halogens is 1. The number of nitro benzene ring substituents is 1. The van der Waals surface area contributed by atoms with Crippen LogP contribution in [0.15, 0.2) is 47.4 Å². The highest BCUT2D eigenvalue weighted by Gasteiger charge is 2.29. The van der Waals surface area contributed by atoms with Crippen molar-refractivity contribution in [1.82, 2.24) is 4.31 Å². The van der Waals surface area contributed by atoms with E-state index in [4.69, 9.17) is 11.6 Å². The minimum Gasteiger partial charge on any atom is -0.394 e. The van der Waals surface area contributed by atoms with Gasteiger partial charge in [-0.2, -0.15) is 4.31 Å². The number of hydrogen-bond acceptors (Lipinski definition) is 6. The lowest BCUT2D eigenvalue weighted by molar-refractivity contribution is -0.384. The van der Waals surface area contributed by atoms with E-state index >= 15 is 0 Å². The highest BCUT2D eigenvalue weighted by atomic mass is 35.5. The third kappa shape index (κ3) is 4.87. The van der Waals surface area contributed by atoms with Crippen molar-refractivity contribution in [1.29, 1.82) is 0 Å². The number of nitrogens with one attached hydrogen (secondary N) is 1. The second-order valence-electron chi connectivity index (χ2n) is 6.84. The van der Waals surface area contributed by atoms with Gasteiger partial charge in [0, 0.05) is 24.2 Å². The summed E-state index contributed by atoms with van der Waals surface area (Å²) in [5, 5.41) is 24.7.